The van der Waals surface area contributed by atoms with Gasteiger partial charge in [0.2, 0.25) is 5.91 Å². The van der Waals surface area contributed by atoms with Crippen molar-refractivity contribution in [1.82, 2.24) is 14.8 Å². The van der Waals surface area contributed by atoms with Crippen molar-refractivity contribution in [3.8, 4) is 5.75 Å². The molecule has 0 saturated heterocycles. The molecule has 164 valence electrons. The van der Waals surface area contributed by atoms with Crippen molar-refractivity contribution in [2.45, 2.75) is 38.6 Å². The second-order valence-electron chi connectivity index (χ2n) is 7.35. The predicted molar refractivity (Wildman–Crippen MR) is 121 cm³/mol. The Hall–Kier alpha value is -2.58. The van der Waals surface area contributed by atoms with Crippen molar-refractivity contribution in [3.05, 3.63) is 65.2 Å². The molecule has 6 nitrogen and oxygen atoms in total. The quantitative estimate of drug-likeness (QED) is 0.419. The van der Waals surface area contributed by atoms with Gasteiger partial charge >= 0.3 is 0 Å². The van der Waals surface area contributed by atoms with Crippen LogP contribution in [0.1, 0.15) is 32.7 Å². The van der Waals surface area contributed by atoms with Crippen LogP contribution in [0.3, 0.4) is 0 Å². The molecule has 1 amide bonds. The summed E-state index contributed by atoms with van der Waals surface area (Å²) in [4.78, 5) is 12.4. The number of para-hydroxylation sites is 2. The lowest BCUT2D eigenvalue weighted by Gasteiger charge is -2.18. The number of hydrogen-bond donors (Lipinski definition) is 1. The van der Waals surface area contributed by atoms with Gasteiger partial charge in [-0.3, -0.25) is 4.79 Å². The van der Waals surface area contributed by atoms with Gasteiger partial charge in [-0.1, -0.05) is 61.5 Å². The van der Waals surface area contributed by atoms with E-state index in [1.165, 1.54) is 17.8 Å². The van der Waals surface area contributed by atoms with Gasteiger partial charge in [0, 0.05) is 6.54 Å². The molecule has 0 spiro atoms. The number of nitrogens with zero attached hydrogens (tertiary/aromatic N) is 3. The number of rotatable bonds is 9. The van der Waals surface area contributed by atoms with Crippen molar-refractivity contribution < 1.29 is 13.9 Å². The normalized spacial score (nSPS) is 12.1. The minimum absolute atomic E-state index is 0.143. The Morgan fingerprint density at radius 1 is 1.16 bits per heavy atom. The second kappa shape index (κ2) is 10.6. The molecule has 0 bridgehead atoms. The van der Waals surface area contributed by atoms with E-state index < -0.39 is 11.9 Å². The lowest BCUT2D eigenvalue weighted by Crippen LogP contribution is -2.17. The lowest BCUT2D eigenvalue weighted by atomic mass is 10.2. The highest BCUT2D eigenvalue weighted by molar-refractivity contribution is 7.99. The largest absolute Gasteiger partial charge is 0.480 e. The molecule has 9 heteroatoms. The summed E-state index contributed by atoms with van der Waals surface area (Å²) < 4.78 is 21.7. The maximum absolute atomic E-state index is 14.0. The zero-order chi connectivity index (χ0) is 22.4. The van der Waals surface area contributed by atoms with Gasteiger partial charge in [-0.2, -0.15) is 0 Å². The van der Waals surface area contributed by atoms with Gasteiger partial charge < -0.3 is 14.6 Å². The first kappa shape index (κ1) is 23.1. The van der Waals surface area contributed by atoms with Crippen LogP contribution in [0.4, 0.5) is 10.1 Å². The van der Waals surface area contributed by atoms with Crippen LogP contribution < -0.4 is 10.1 Å². The van der Waals surface area contributed by atoms with Gasteiger partial charge in [-0.25, -0.2) is 4.39 Å². The van der Waals surface area contributed by atoms with Crippen LogP contribution in [0.15, 0.2) is 53.7 Å². The number of halogens is 2. The molecule has 1 unspecified atom stereocenters. The number of benzene rings is 2. The van der Waals surface area contributed by atoms with E-state index in [9.17, 15) is 9.18 Å². The molecule has 2 aromatic carbocycles. The molecular weight excluding hydrogens is 439 g/mol. The van der Waals surface area contributed by atoms with Crippen molar-refractivity contribution >= 4 is 35.0 Å². The van der Waals surface area contributed by atoms with E-state index in [-0.39, 0.29) is 17.4 Å². The fourth-order valence-electron chi connectivity index (χ4n) is 2.91. The molecule has 0 radical (unpaired) electrons. The van der Waals surface area contributed by atoms with Crippen LogP contribution in [0.2, 0.25) is 5.02 Å². The summed E-state index contributed by atoms with van der Waals surface area (Å²) in [6.45, 7) is 6.59. The van der Waals surface area contributed by atoms with E-state index in [2.05, 4.69) is 29.4 Å². The Morgan fingerprint density at radius 3 is 2.58 bits per heavy atom. The van der Waals surface area contributed by atoms with E-state index in [0.717, 1.165) is 0 Å². The van der Waals surface area contributed by atoms with E-state index in [1.54, 1.807) is 49.4 Å². The summed E-state index contributed by atoms with van der Waals surface area (Å²) >= 11 is 7.37. The van der Waals surface area contributed by atoms with Crippen molar-refractivity contribution in [3.63, 3.8) is 0 Å². The Kier molecular flexibility index (Phi) is 7.92. The summed E-state index contributed by atoms with van der Waals surface area (Å²) in [5, 5.41) is 12.4. The Bertz CT molecular complexity index is 1040. The molecule has 0 saturated carbocycles. The van der Waals surface area contributed by atoms with E-state index in [1.807, 2.05) is 4.57 Å². The summed E-state index contributed by atoms with van der Waals surface area (Å²) in [6, 6.07) is 13.3. The third kappa shape index (κ3) is 6.21. The van der Waals surface area contributed by atoms with Crippen LogP contribution in [0.25, 0.3) is 0 Å². The Morgan fingerprint density at radius 2 is 1.87 bits per heavy atom. The molecule has 3 aromatic rings. The molecule has 1 heterocycles. The number of aromatic nitrogens is 3. The average molecular weight is 463 g/mol. The molecule has 1 aromatic heterocycles. The SMILES string of the molecule is CC(C)Cn1c(SCC(=O)Nc2ccccc2Cl)nnc1C(C)Oc1ccccc1F. The third-order valence-corrected chi connectivity index (χ3v) is 5.57. The molecule has 0 aliphatic rings. The number of thioether (sulfide) groups is 1. The maximum Gasteiger partial charge on any atom is 0.234 e. The van der Waals surface area contributed by atoms with Gasteiger partial charge in [0.05, 0.1) is 16.5 Å². The summed E-state index contributed by atoms with van der Waals surface area (Å²) in [7, 11) is 0. The summed E-state index contributed by atoms with van der Waals surface area (Å²) in [5.74, 6) is 0.550. The molecule has 0 aliphatic heterocycles. The Labute approximate surface area is 190 Å². The first-order chi connectivity index (χ1) is 14.8. The van der Waals surface area contributed by atoms with Crippen molar-refractivity contribution in [2.24, 2.45) is 5.92 Å². The topological polar surface area (TPSA) is 69.0 Å². The van der Waals surface area contributed by atoms with Crippen LogP contribution in [0, 0.1) is 11.7 Å². The zero-order valence-electron chi connectivity index (χ0n) is 17.5. The van der Waals surface area contributed by atoms with Gasteiger partial charge in [-0.15, -0.1) is 10.2 Å². The fourth-order valence-corrected chi connectivity index (χ4v) is 3.84. The lowest BCUT2D eigenvalue weighted by molar-refractivity contribution is -0.113. The van der Waals surface area contributed by atoms with Gasteiger partial charge in [0.1, 0.15) is 0 Å². The first-order valence-electron chi connectivity index (χ1n) is 9.86. The van der Waals surface area contributed by atoms with Crippen LogP contribution in [-0.4, -0.2) is 26.4 Å². The summed E-state index contributed by atoms with van der Waals surface area (Å²) in [5.41, 5.74) is 0.561. The molecule has 31 heavy (non-hydrogen) atoms. The number of hydrogen-bond acceptors (Lipinski definition) is 5. The highest BCUT2D eigenvalue weighted by atomic mass is 35.5. The van der Waals surface area contributed by atoms with Gasteiger partial charge in [-0.05, 0) is 37.1 Å². The number of ether oxygens (including phenoxy) is 1. The minimum Gasteiger partial charge on any atom is -0.480 e. The van der Waals surface area contributed by atoms with E-state index >= 15 is 0 Å². The second-order valence-corrected chi connectivity index (χ2v) is 8.70. The molecule has 0 aliphatic carbocycles. The van der Waals surface area contributed by atoms with Gasteiger partial charge in [0.25, 0.3) is 0 Å². The number of carbonyl (C=O) groups excluding carboxylic acids is 1. The van der Waals surface area contributed by atoms with Crippen LogP contribution in [0.5, 0.6) is 5.75 Å². The number of nitrogens with one attached hydrogen (secondary N) is 1. The summed E-state index contributed by atoms with van der Waals surface area (Å²) in [6.07, 6.45) is -0.519. The van der Waals surface area contributed by atoms with Crippen molar-refractivity contribution in [1.29, 1.82) is 0 Å². The number of carbonyl (C=O) groups is 1. The maximum atomic E-state index is 14.0. The standard InChI is InChI=1S/C22H24ClFN4O2S/c1-14(2)12-28-21(15(3)30-19-11-7-5-9-17(19)24)26-27-22(28)31-13-20(29)25-18-10-6-4-8-16(18)23/h4-11,14-15H,12-13H2,1-3H3,(H,25,29). The first-order valence-corrected chi connectivity index (χ1v) is 11.2. The van der Waals surface area contributed by atoms with E-state index in [0.29, 0.717) is 34.2 Å². The van der Waals surface area contributed by atoms with Gasteiger partial charge in [0.15, 0.2) is 28.7 Å². The van der Waals surface area contributed by atoms with Crippen LogP contribution >= 0.6 is 23.4 Å². The molecule has 3 rings (SSSR count). The highest BCUT2D eigenvalue weighted by Crippen LogP contribution is 2.27. The number of amides is 1. The third-order valence-electron chi connectivity index (χ3n) is 4.28. The molecular formula is C22H24ClFN4O2S. The minimum atomic E-state index is -0.519. The number of anilines is 1. The molecule has 1 N–H and O–H groups in total. The fraction of sp³-hybridized carbons (Fsp3) is 0.318. The zero-order valence-corrected chi connectivity index (χ0v) is 19.1. The molecule has 0 fully saturated rings. The smallest absolute Gasteiger partial charge is 0.234 e. The van der Waals surface area contributed by atoms with Crippen LogP contribution in [-0.2, 0) is 11.3 Å². The van der Waals surface area contributed by atoms with Crippen molar-refractivity contribution in [2.75, 3.05) is 11.1 Å². The monoisotopic (exact) mass is 462 g/mol. The molecule has 1 atom stereocenters. The predicted octanol–water partition coefficient (Wildman–Crippen LogP) is 5.60. The highest BCUT2D eigenvalue weighted by Gasteiger charge is 2.22. The average Bonchev–Trinajstić information content (AvgIpc) is 3.12. The van der Waals surface area contributed by atoms with E-state index in [4.69, 9.17) is 16.3 Å². The Balaban J connectivity index is 1.72.